The van der Waals surface area contributed by atoms with Crippen LogP contribution in [0, 0.1) is 0 Å². The Morgan fingerprint density at radius 1 is 1.00 bits per heavy atom. The van der Waals surface area contributed by atoms with Crippen molar-refractivity contribution in [2.45, 2.75) is 71.6 Å². The molecule has 0 aliphatic rings. The van der Waals surface area contributed by atoms with E-state index >= 15 is 0 Å². The van der Waals surface area contributed by atoms with E-state index < -0.39 is 0 Å². The van der Waals surface area contributed by atoms with Gasteiger partial charge in [0, 0.05) is 21.7 Å². The zero-order chi connectivity index (χ0) is 15.1. The summed E-state index contributed by atoms with van der Waals surface area (Å²) in [5.74, 6) is 1.42. The average Bonchev–Trinajstić information content (AvgIpc) is 2.80. The maximum Gasteiger partial charge on any atom is 0 e. The predicted octanol–water partition coefficient (Wildman–Crippen LogP) is 6.16. The van der Waals surface area contributed by atoms with Crippen molar-refractivity contribution in [3.63, 3.8) is 0 Å². The van der Waals surface area contributed by atoms with Gasteiger partial charge in [-0.1, -0.05) is 59.3 Å². The minimum absolute atomic E-state index is 0. The molecule has 136 valence electrons. The van der Waals surface area contributed by atoms with Crippen LogP contribution in [-0.2, 0) is 28.1 Å². The summed E-state index contributed by atoms with van der Waals surface area (Å²) >= 11 is 0. The van der Waals surface area contributed by atoms with Crippen molar-refractivity contribution in [1.82, 2.24) is 4.90 Å². The molecule has 0 saturated heterocycles. The molecule has 1 nitrogen and oxygen atoms in total. The average molecular weight is 397 g/mol. The molecular weight excluding hydrogens is 361 g/mol. The zero-order valence-corrected chi connectivity index (χ0v) is 19.0. The smallest absolute Gasteiger partial charge is 0 e. The molecular formula is C19H36Cl2NTi-. The Morgan fingerprint density at radius 3 is 2.00 bits per heavy atom. The van der Waals surface area contributed by atoms with Gasteiger partial charge in [-0.2, -0.15) is 22.8 Å². The number of likely N-dealkylation sites (N-methyl/N-ethyl adjacent to an activating group) is 1. The molecule has 1 rings (SSSR count). The summed E-state index contributed by atoms with van der Waals surface area (Å²) < 4.78 is 0. The first-order valence-electron chi connectivity index (χ1n) is 8.44. The molecule has 0 aromatic heterocycles. The van der Waals surface area contributed by atoms with Gasteiger partial charge in [-0.3, -0.25) is 0 Å². The van der Waals surface area contributed by atoms with Crippen molar-refractivity contribution in [3.05, 3.63) is 28.8 Å². The molecule has 1 aromatic carbocycles. The third-order valence-corrected chi connectivity index (χ3v) is 4.42. The van der Waals surface area contributed by atoms with Crippen molar-refractivity contribution < 1.29 is 21.7 Å². The van der Waals surface area contributed by atoms with Crippen molar-refractivity contribution in [2.75, 3.05) is 20.6 Å². The van der Waals surface area contributed by atoms with E-state index in [4.69, 9.17) is 0 Å². The monoisotopic (exact) mass is 396 g/mol. The fourth-order valence-corrected chi connectivity index (χ4v) is 3.31. The molecule has 0 fully saturated rings. The van der Waals surface area contributed by atoms with E-state index in [9.17, 15) is 0 Å². The predicted molar refractivity (Wildman–Crippen MR) is 105 cm³/mol. The fourth-order valence-electron chi connectivity index (χ4n) is 3.31. The van der Waals surface area contributed by atoms with Crippen LogP contribution in [0.4, 0.5) is 0 Å². The molecule has 2 unspecified atom stereocenters. The van der Waals surface area contributed by atoms with E-state index in [0.29, 0.717) is 11.8 Å². The molecule has 0 heterocycles. The molecule has 4 heteroatoms. The van der Waals surface area contributed by atoms with Crippen molar-refractivity contribution >= 4 is 24.8 Å². The molecule has 2 atom stereocenters. The van der Waals surface area contributed by atoms with E-state index in [1.807, 2.05) is 0 Å². The van der Waals surface area contributed by atoms with Gasteiger partial charge in [-0.25, -0.2) is 6.07 Å². The molecule has 0 aliphatic carbocycles. The van der Waals surface area contributed by atoms with Crippen LogP contribution < -0.4 is 0 Å². The van der Waals surface area contributed by atoms with Crippen LogP contribution >= 0.6 is 24.8 Å². The first kappa shape index (κ1) is 28.4. The molecule has 0 N–H and O–H groups in total. The van der Waals surface area contributed by atoms with Gasteiger partial charge >= 0.3 is 0 Å². The van der Waals surface area contributed by atoms with Crippen LogP contribution in [0.1, 0.15) is 81.9 Å². The van der Waals surface area contributed by atoms with Gasteiger partial charge in [0.25, 0.3) is 0 Å². The maximum atomic E-state index is 2.42. The minimum Gasteiger partial charge on any atom is -0.310 e. The molecule has 0 spiro atoms. The number of rotatable bonds is 9. The topological polar surface area (TPSA) is 3.24 Å². The van der Waals surface area contributed by atoms with E-state index in [0.717, 1.165) is 6.54 Å². The second-order valence-electron chi connectivity index (χ2n) is 6.66. The van der Waals surface area contributed by atoms with Gasteiger partial charge in [0.2, 0.25) is 0 Å². The van der Waals surface area contributed by atoms with Gasteiger partial charge < -0.3 is 4.90 Å². The van der Waals surface area contributed by atoms with E-state index in [1.165, 1.54) is 32.1 Å². The standard InChI is InChI=1S/C19H34N.2ClH.Ti/c1-7-9-15(3)18-12-11-17(13-14-20(5)6)19(18)16(4)10-8-2;;;/h11-12,15-16H,7-10,13-14H2,1-6H3;2*1H;/q-1;;;. The first-order valence-corrected chi connectivity index (χ1v) is 8.44. The van der Waals surface area contributed by atoms with Crippen LogP contribution in [0.2, 0.25) is 0 Å². The van der Waals surface area contributed by atoms with Crippen molar-refractivity contribution in [3.8, 4) is 0 Å². The number of nitrogens with zero attached hydrogens (tertiary/aromatic N) is 1. The minimum atomic E-state index is 0. The summed E-state index contributed by atoms with van der Waals surface area (Å²) in [6.45, 7) is 10.6. The Labute approximate surface area is 172 Å². The zero-order valence-electron chi connectivity index (χ0n) is 15.8. The molecule has 0 radical (unpaired) electrons. The Balaban J connectivity index is -0.00000133. The molecule has 0 saturated carbocycles. The van der Waals surface area contributed by atoms with Crippen molar-refractivity contribution in [2.24, 2.45) is 0 Å². The molecule has 0 bridgehead atoms. The largest absolute Gasteiger partial charge is 0.310 e. The second-order valence-corrected chi connectivity index (χ2v) is 6.66. The summed E-state index contributed by atoms with van der Waals surface area (Å²) in [5, 5.41) is 0. The molecule has 0 amide bonds. The Bertz CT molecular complexity index is 391. The third kappa shape index (κ3) is 9.03. The van der Waals surface area contributed by atoms with Gasteiger partial charge in [0.15, 0.2) is 0 Å². The summed E-state index contributed by atoms with van der Waals surface area (Å²) in [5.41, 5.74) is 4.90. The normalized spacial score (nSPS) is 12.8. The van der Waals surface area contributed by atoms with Gasteiger partial charge in [-0.15, -0.1) is 24.8 Å². The second kappa shape index (κ2) is 14.9. The van der Waals surface area contributed by atoms with E-state index in [-0.39, 0.29) is 46.5 Å². The molecule has 1 aromatic rings. The van der Waals surface area contributed by atoms with Crippen LogP contribution in [0.3, 0.4) is 0 Å². The van der Waals surface area contributed by atoms with Crippen LogP contribution in [0.25, 0.3) is 0 Å². The van der Waals surface area contributed by atoms with Gasteiger partial charge in [0.05, 0.1) is 0 Å². The quantitative estimate of drug-likeness (QED) is 0.357. The van der Waals surface area contributed by atoms with Gasteiger partial charge in [-0.05, 0) is 33.0 Å². The van der Waals surface area contributed by atoms with Crippen LogP contribution in [0.15, 0.2) is 12.1 Å². The third-order valence-electron chi connectivity index (χ3n) is 4.42. The first-order chi connectivity index (χ1) is 9.51. The fraction of sp³-hybridized carbons (Fsp3) is 0.737. The summed E-state index contributed by atoms with van der Waals surface area (Å²) in [6, 6.07) is 4.80. The number of hydrogen-bond donors (Lipinski definition) is 0. The molecule has 23 heavy (non-hydrogen) atoms. The number of halogens is 2. The Kier molecular flexibility index (Phi) is 18.4. The molecule has 0 aliphatic heterocycles. The maximum absolute atomic E-state index is 2.42. The Morgan fingerprint density at radius 2 is 1.52 bits per heavy atom. The van der Waals surface area contributed by atoms with Crippen molar-refractivity contribution in [1.29, 1.82) is 0 Å². The summed E-state index contributed by atoms with van der Waals surface area (Å²) in [7, 11) is 4.33. The summed E-state index contributed by atoms with van der Waals surface area (Å²) in [6.07, 6.45) is 6.37. The van der Waals surface area contributed by atoms with E-state index in [2.05, 4.69) is 58.8 Å². The Hall–Kier alpha value is 0.604. The van der Waals surface area contributed by atoms with Crippen LogP contribution in [0.5, 0.6) is 0 Å². The SMILES string of the molecule is CCCC(C)c1cc[c-](CCN(C)C)c1C(C)CCC.Cl.Cl.[Ti]. The van der Waals surface area contributed by atoms with Crippen LogP contribution in [-0.4, -0.2) is 25.5 Å². The summed E-state index contributed by atoms with van der Waals surface area (Å²) in [4.78, 5) is 2.29. The van der Waals surface area contributed by atoms with Gasteiger partial charge in [0.1, 0.15) is 0 Å². The number of hydrogen-bond acceptors (Lipinski definition) is 1. The van der Waals surface area contributed by atoms with E-state index in [1.54, 1.807) is 16.7 Å².